The third-order valence-corrected chi connectivity index (χ3v) is 3.76. The molecule has 0 spiro atoms. The molecule has 2 N–H and O–H groups in total. The van der Waals surface area contributed by atoms with Gasteiger partial charge >= 0.3 is 0 Å². The largest absolute Gasteiger partial charge is 0.495 e. The van der Waals surface area contributed by atoms with Gasteiger partial charge in [-0.15, -0.1) is 0 Å². The Morgan fingerprint density at radius 1 is 1.28 bits per heavy atom. The zero-order valence-electron chi connectivity index (χ0n) is 10.8. The number of aromatic nitrogens is 1. The summed E-state index contributed by atoms with van der Waals surface area (Å²) >= 11 is 0. The van der Waals surface area contributed by atoms with Crippen LogP contribution in [0.4, 0.5) is 0 Å². The highest BCUT2D eigenvalue weighted by Crippen LogP contribution is 2.39. The molecule has 1 heterocycles. The molecule has 4 heteroatoms. The van der Waals surface area contributed by atoms with Gasteiger partial charge in [0.25, 0.3) is 0 Å². The summed E-state index contributed by atoms with van der Waals surface area (Å²) in [6.07, 6.45) is 6.00. The molecule has 1 atom stereocenters. The summed E-state index contributed by atoms with van der Waals surface area (Å²) in [5, 5.41) is 21.1. The predicted molar refractivity (Wildman–Crippen MR) is 68.4 cm³/mol. The quantitative estimate of drug-likeness (QED) is 0.808. The van der Waals surface area contributed by atoms with Crippen molar-refractivity contribution in [2.45, 2.75) is 50.2 Å². The molecule has 1 saturated carbocycles. The van der Waals surface area contributed by atoms with E-state index in [1.54, 1.807) is 25.4 Å². The summed E-state index contributed by atoms with van der Waals surface area (Å²) in [5.74, 6) is 0.530. The Kier molecular flexibility index (Phi) is 4.19. The van der Waals surface area contributed by atoms with Crippen LogP contribution in [0.25, 0.3) is 0 Å². The minimum atomic E-state index is -1.07. The van der Waals surface area contributed by atoms with E-state index < -0.39 is 11.7 Å². The molecular weight excluding hydrogens is 230 g/mol. The first-order valence-corrected chi connectivity index (χ1v) is 6.57. The van der Waals surface area contributed by atoms with Crippen LogP contribution in [0.15, 0.2) is 18.3 Å². The van der Waals surface area contributed by atoms with Crippen LogP contribution in [0, 0.1) is 0 Å². The fourth-order valence-corrected chi connectivity index (χ4v) is 2.65. The lowest BCUT2D eigenvalue weighted by Crippen LogP contribution is -2.36. The van der Waals surface area contributed by atoms with Gasteiger partial charge in [-0.25, -0.2) is 0 Å². The number of aliphatic hydroxyl groups excluding tert-OH is 1. The van der Waals surface area contributed by atoms with E-state index in [0.29, 0.717) is 24.3 Å². The molecule has 1 unspecified atom stereocenters. The Hall–Kier alpha value is -1.13. The number of pyridine rings is 1. The minimum absolute atomic E-state index is 0.435. The maximum Gasteiger partial charge on any atom is 0.143 e. The summed E-state index contributed by atoms with van der Waals surface area (Å²) in [4.78, 5) is 4.17. The normalized spacial score (nSPS) is 21.1. The van der Waals surface area contributed by atoms with Gasteiger partial charge in [0.2, 0.25) is 0 Å². The van der Waals surface area contributed by atoms with Crippen molar-refractivity contribution in [3.63, 3.8) is 0 Å². The smallest absolute Gasteiger partial charge is 0.143 e. The number of ether oxygens (including phenoxy) is 1. The van der Waals surface area contributed by atoms with E-state index in [0.717, 1.165) is 25.7 Å². The van der Waals surface area contributed by atoms with Gasteiger partial charge in [-0.3, -0.25) is 4.98 Å². The van der Waals surface area contributed by atoms with Crippen molar-refractivity contribution >= 4 is 0 Å². The summed E-state index contributed by atoms with van der Waals surface area (Å²) in [6, 6.07) is 3.51. The van der Waals surface area contributed by atoms with E-state index in [1.807, 2.05) is 0 Å². The highest BCUT2D eigenvalue weighted by atomic mass is 16.5. The lowest BCUT2D eigenvalue weighted by atomic mass is 9.86. The maximum atomic E-state index is 10.6. The molecule has 0 bridgehead atoms. The number of nitrogens with zero attached hydrogens (tertiary/aromatic N) is 1. The lowest BCUT2D eigenvalue weighted by molar-refractivity contribution is -0.0892. The van der Waals surface area contributed by atoms with E-state index in [-0.39, 0.29) is 0 Å². The summed E-state index contributed by atoms with van der Waals surface area (Å²) in [7, 11) is 1.55. The third-order valence-electron chi connectivity index (χ3n) is 3.76. The average Bonchev–Trinajstić information content (AvgIpc) is 2.63. The Balaban J connectivity index is 2.25. The molecule has 1 aromatic heterocycles. The van der Waals surface area contributed by atoms with Gasteiger partial charge in [0.15, 0.2) is 0 Å². The number of aliphatic hydroxyl groups is 2. The molecule has 4 nitrogen and oxygen atoms in total. The first-order valence-electron chi connectivity index (χ1n) is 6.57. The van der Waals surface area contributed by atoms with E-state index in [2.05, 4.69) is 4.98 Å². The van der Waals surface area contributed by atoms with Gasteiger partial charge < -0.3 is 14.9 Å². The fourth-order valence-electron chi connectivity index (χ4n) is 2.65. The summed E-state index contributed by atoms with van der Waals surface area (Å²) in [6.45, 7) is 0. The maximum absolute atomic E-state index is 10.6. The van der Waals surface area contributed by atoms with Gasteiger partial charge in [0.1, 0.15) is 17.5 Å². The number of methoxy groups -OCH3 is 1. The summed E-state index contributed by atoms with van der Waals surface area (Å²) < 4.78 is 5.20. The molecule has 1 fully saturated rings. The van der Waals surface area contributed by atoms with Crippen LogP contribution >= 0.6 is 0 Å². The SMILES string of the molecule is COc1cccnc1C(O)C1(O)CCCCCC1. The average molecular weight is 251 g/mol. The second-order valence-electron chi connectivity index (χ2n) is 5.01. The number of rotatable bonds is 3. The van der Waals surface area contributed by atoms with Crippen LogP contribution in [0.5, 0.6) is 5.75 Å². The predicted octanol–water partition coefficient (Wildman–Crippen LogP) is 2.21. The van der Waals surface area contributed by atoms with Crippen molar-refractivity contribution in [1.29, 1.82) is 0 Å². The highest BCUT2D eigenvalue weighted by Gasteiger charge is 2.38. The van der Waals surface area contributed by atoms with Crippen molar-refractivity contribution in [2.24, 2.45) is 0 Å². The lowest BCUT2D eigenvalue weighted by Gasteiger charge is -2.32. The zero-order valence-corrected chi connectivity index (χ0v) is 10.8. The van der Waals surface area contributed by atoms with Gasteiger partial charge in [-0.05, 0) is 25.0 Å². The minimum Gasteiger partial charge on any atom is -0.495 e. The second kappa shape index (κ2) is 5.67. The Bertz CT molecular complexity index is 386. The Labute approximate surface area is 108 Å². The van der Waals surface area contributed by atoms with Gasteiger partial charge in [-0.2, -0.15) is 0 Å². The monoisotopic (exact) mass is 251 g/mol. The van der Waals surface area contributed by atoms with Crippen molar-refractivity contribution in [1.82, 2.24) is 4.98 Å². The van der Waals surface area contributed by atoms with Gasteiger partial charge in [-0.1, -0.05) is 25.7 Å². The molecule has 0 aliphatic heterocycles. The van der Waals surface area contributed by atoms with E-state index in [4.69, 9.17) is 4.74 Å². The molecule has 1 aromatic rings. The third kappa shape index (κ3) is 2.65. The van der Waals surface area contributed by atoms with Crippen molar-refractivity contribution in [3.05, 3.63) is 24.0 Å². The summed E-state index contributed by atoms with van der Waals surface area (Å²) in [5.41, 5.74) is -0.637. The molecule has 0 aromatic carbocycles. The molecule has 100 valence electrons. The first kappa shape index (κ1) is 13.3. The van der Waals surface area contributed by atoms with E-state index in [9.17, 15) is 10.2 Å². The molecule has 0 amide bonds. The van der Waals surface area contributed by atoms with Gasteiger partial charge in [0, 0.05) is 6.20 Å². The van der Waals surface area contributed by atoms with E-state index in [1.165, 1.54) is 0 Å². The van der Waals surface area contributed by atoms with Crippen molar-refractivity contribution in [2.75, 3.05) is 7.11 Å². The first-order chi connectivity index (χ1) is 8.67. The van der Waals surface area contributed by atoms with Crippen LogP contribution in [-0.4, -0.2) is 27.9 Å². The standard InChI is InChI=1S/C14H21NO3/c1-18-11-7-6-10-15-12(11)13(16)14(17)8-4-2-3-5-9-14/h6-7,10,13,16-17H,2-5,8-9H2,1H3. The van der Waals surface area contributed by atoms with E-state index >= 15 is 0 Å². The van der Waals surface area contributed by atoms with Gasteiger partial charge in [0.05, 0.1) is 12.7 Å². The van der Waals surface area contributed by atoms with Crippen LogP contribution < -0.4 is 4.74 Å². The Morgan fingerprint density at radius 2 is 1.94 bits per heavy atom. The molecule has 1 aliphatic carbocycles. The number of hydrogen-bond acceptors (Lipinski definition) is 4. The molecule has 0 saturated heterocycles. The topological polar surface area (TPSA) is 62.6 Å². The van der Waals surface area contributed by atoms with Crippen LogP contribution in [-0.2, 0) is 0 Å². The zero-order chi connectivity index (χ0) is 13.0. The highest BCUT2D eigenvalue weighted by molar-refractivity contribution is 5.30. The van der Waals surface area contributed by atoms with Crippen LogP contribution in [0.2, 0.25) is 0 Å². The second-order valence-corrected chi connectivity index (χ2v) is 5.01. The molecular formula is C14H21NO3. The molecule has 1 aliphatic rings. The molecule has 18 heavy (non-hydrogen) atoms. The Morgan fingerprint density at radius 3 is 2.56 bits per heavy atom. The van der Waals surface area contributed by atoms with Crippen LogP contribution in [0.3, 0.4) is 0 Å². The molecule has 0 radical (unpaired) electrons. The van der Waals surface area contributed by atoms with Crippen molar-refractivity contribution in [3.8, 4) is 5.75 Å². The van der Waals surface area contributed by atoms with Crippen LogP contribution in [0.1, 0.15) is 50.3 Å². The number of hydrogen-bond donors (Lipinski definition) is 2. The fraction of sp³-hybridized carbons (Fsp3) is 0.643. The molecule has 2 rings (SSSR count). The van der Waals surface area contributed by atoms with Crippen molar-refractivity contribution < 1.29 is 14.9 Å².